The third kappa shape index (κ3) is 1.89. The summed E-state index contributed by atoms with van der Waals surface area (Å²) in [6.45, 7) is 3.42. The number of hydrogen-bond acceptors (Lipinski definition) is 2. The quantitative estimate of drug-likeness (QED) is 0.871. The number of hydrogen-bond donors (Lipinski definition) is 1. The fraction of sp³-hybridized carbons (Fsp3) is 0.250. The van der Waals surface area contributed by atoms with E-state index in [1.165, 1.54) is 11.3 Å². The lowest BCUT2D eigenvalue weighted by atomic mass is 9.86. The van der Waals surface area contributed by atoms with Crippen LogP contribution in [0.2, 0.25) is 0 Å². The van der Waals surface area contributed by atoms with Crippen molar-refractivity contribution in [1.82, 2.24) is 0 Å². The minimum atomic E-state index is -0.688. The second kappa shape index (κ2) is 4.14. The Balaban J connectivity index is 1.75. The molecule has 92 valence electrons. The summed E-state index contributed by atoms with van der Waals surface area (Å²) in [5.74, 6) is 0. The molecule has 0 bridgehead atoms. The van der Waals surface area contributed by atoms with Crippen molar-refractivity contribution in [3.05, 3.63) is 65.7 Å². The van der Waals surface area contributed by atoms with Gasteiger partial charge in [0.2, 0.25) is 0 Å². The zero-order valence-corrected chi connectivity index (χ0v) is 10.5. The molecule has 0 aliphatic carbocycles. The van der Waals surface area contributed by atoms with Crippen LogP contribution in [0.3, 0.4) is 0 Å². The average molecular weight is 239 g/mol. The van der Waals surface area contributed by atoms with E-state index >= 15 is 0 Å². The Morgan fingerprint density at radius 1 is 0.944 bits per heavy atom. The highest BCUT2D eigenvalue weighted by atomic mass is 16.3. The largest absolute Gasteiger partial charge is 0.381 e. The molecule has 1 aliphatic heterocycles. The molecule has 0 radical (unpaired) electrons. The first-order valence-corrected chi connectivity index (χ1v) is 6.27. The standard InChI is InChI=1S/C16H17NO/c1-13-7-9-15(10-8-13)17-11-16(18,12-17)14-5-3-2-4-6-14/h2-10,18H,11-12H2,1H3. The van der Waals surface area contributed by atoms with E-state index in [1.807, 2.05) is 30.3 Å². The Kier molecular flexibility index (Phi) is 2.60. The van der Waals surface area contributed by atoms with Gasteiger partial charge in [0.05, 0.1) is 13.1 Å². The highest BCUT2D eigenvalue weighted by Gasteiger charge is 2.42. The molecule has 0 unspecified atom stereocenters. The fourth-order valence-corrected chi connectivity index (χ4v) is 2.45. The first-order valence-electron chi connectivity index (χ1n) is 6.27. The summed E-state index contributed by atoms with van der Waals surface area (Å²) in [4.78, 5) is 2.20. The molecule has 1 fully saturated rings. The molecule has 0 aromatic heterocycles. The van der Waals surface area contributed by atoms with E-state index in [1.54, 1.807) is 0 Å². The monoisotopic (exact) mass is 239 g/mol. The summed E-state index contributed by atoms with van der Waals surface area (Å²) in [6.07, 6.45) is 0. The van der Waals surface area contributed by atoms with E-state index in [0.29, 0.717) is 13.1 Å². The molecular formula is C16H17NO. The van der Waals surface area contributed by atoms with Crippen LogP contribution in [0, 0.1) is 6.92 Å². The number of aryl methyl sites for hydroxylation is 1. The molecule has 0 atom stereocenters. The Morgan fingerprint density at radius 2 is 1.56 bits per heavy atom. The van der Waals surface area contributed by atoms with Crippen LogP contribution in [-0.4, -0.2) is 18.2 Å². The summed E-state index contributed by atoms with van der Waals surface area (Å²) in [7, 11) is 0. The van der Waals surface area contributed by atoms with Crippen molar-refractivity contribution in [2.45, 2.75) is 12.5 Å². The molecule has 0 spiro atoms. The molecule has 0 amide bonds. The number of aliphatic hydroxyl groups is 1. The lowest BCUT2D eigenvalue weighted by Crippen LogP contribution is -2.59. The molecule has 2 nitrogen and oxygen atoms in total. The fourth-order valence-electron chi connectivity index (χ4n) is 2.45. The van der Waals surface area contributed by atoms with E-state index in [9.17, 15) is 5.11 Å². The van der Waals surface area contributed by atoms with Crippen molar-refractivity contribution in [3.63, 3.8) is 0 Å². The van der Waals surface area contributed by atoms with E-state index in [2.05, 4.69) is 36.1 Å². The van der Waals surface area contributed by atoms with E-state index in [4.69, 9.17) is 0 Å². The molecule has 0 saturated carbocycles. The molecule has 2 aromatic rings. The molecule has 18 heavy (non-hydrogen) atoms. The summed E-state index contributed by atoms with van der Waals surface area (Å²) in [5, 5.41) is 10.5. The first kappa shape index (κ1) is 11.3. The van der Waals surface area contributed by atoms with Crippen LogP contribution >= 0.6 is 0 Å². The van der Waals surface area contributed by atoms with Crippen molar-refractivity contribution >= 4 is 5.69 Å². The lowest BCUT2D eigenvalue weighted by Gasteiger charge is -2.48. The van der Waals surface area contributed by atoms with E-state index in [0.717, 1.165) is 5.56 Å². The normalized spacial score (nSPS) is 17.3. The maximum absolute atomic E-state index is 10.5. The minimum absolute atomic E-state index is 0.667. The van der Waals surface area contributed by atoms with Gasteiger partial charge in [-0.05, 0) is 24.6 Å². The van der Waals surface area contributed by atoms with Gasteiger partial charge in [0.1, 0.15) is 5.60 Å². The van der Waals surface area contributed by atoms with Crippen LogP contribution in [-0.2, 0) is 5.60 Å². The second-order valence-corrected chi connectivity index (χ2v) is 5.09. The SMILES string of the molecule is Cc1ccc(N2CC(O)(c3ccccc3)C2)cc1. The van der Waals surface area contributed by atoms with Gasteiger partial charge in [0.25, 0.3) is 0 Å². The summed E-state index contributed by atoms with van der Waals surface area (Å²) in [6, 6.07) is 18.3. The first-order chi connectivity index (χ1) is 8.67. The molecule has 2 heteroatoms. The zero-order chi connectivity index (χ0) is 12.6. The summed E-state index contributed by atoms with van der Waals surface area (Å²) in [5.41, 5.74) is 2.76. The molecule has 1 saturated heterocycles. The number of β-amino-alcohol motifs (C(OH)–C–C–N with tert-alkyl or cyclic N) is 1. The Bertz CT molecular complexity index is 527. The van der Waals surface area contributed by atoms with Gasteiger partial charge >= 0.3 is 0 Å². The van der Waals surface area contributed by atoms with Crippen LogP contribution in [0.15, 0.2) is 54.6 Å². The van der Waals surface area contributed by atoms with Crippen molar-refractivity contribution in [2.75, 3.05) is 18.0 Å². The van der Waals surface area contributed by atoms with Crippen LogP contribution in [0.25, 0.3) is 0 Å². The molecule has 1 N–H and O–H groups in total. The Hall–Kier alpha value is -1.80. The zero-order valence-electron chi connectivity index (χ0n) is 10.5. The molecule has 1 heterocycles. The van der Waals surface area contributed by atoms with Crippen LogP contribution in [0.1, 0.15) is 11.1 Å². The topological polar surface area (TPSA) is 23.5 Å². The van der Waals surface area contributed by atoms with E-state index in [-0.39, 0.29) is 0 Å². The third-order valence-electron chi connectivity index (χ3n) is 3.62. The number of anilines is 1. The highest BCUT2D eigenvalue weighted by molar-refractivity contribution is 5.52. The van der Waals surface area contributed by atoms with Gasteiger partial charge in [-0.1, -0.05) is 48.0 Å². The molecule has 2 aromatic carbocycles. The number of rotatable bonds is 2. The van der Waals surface area contributed by atoms with Crippen molar-refractivity contribution in [1.29, 1.82) is 0 Å². The Morgan fingerprint density at radius 3 is 2.17 bits per heavy atom. The average Bonchev–Trinajstić information content (AvgIpc) is 2.37. The van der Waals surface area contributed by atoms with Gasteiger partial charge in [-0.2, -0.15) is 0 Å². The minimum Gasteiger partial charge on any atom is -0.381 e. The van der Waals surface area contributed by atoms with Gasteiger partial charge in [0.15, 0.2) is 0 Å². The predicted octanol–water partition coefficient (Wildman–Crippen LogP) is 2.70. The van der Waals surface area contributed by atoms with Gasteiger partial charge in [0, 0.05) is 5.69 Å². The van der Waals surface area contributed by atoms with Gasteiger partial charge in [-0.15, -0.1) is 0 Å². The van der Waals surface area contributed by atoms with Gasteiger partial charge in [-0.3, -0.25) is 0 Å². The van der Waals surface area contributed by atoms with Crippen LogP contribution in [0.4, 0.5) is 5.69 Å². The van der Waals surface area contributed by atoms with Gasteiger partial charge in [-0.25, -0.2) is 0 Å². The smallest absolute Gasteiger partial charge is 0.124 e. The van der Waals surface area contributed by atoms with E-state index < -0.39 is 5.60 Å². The number of nitrogens with zero attached hydrogens (tertiary/aromatic N) is 1. The van der Waals surface area contributed by atoms with Crippen molar-refractivity contribution in [3.8, 4) is 0 Å². The summed E-state index contributed by atoms with van der Waals surface area (Å²) < 4.78 is 0. The maximum Gasteiger partial charge on any atom is 0.124 e. The van der Waals surface area contributed by atoms with Crippen LogP contribution < -0.4 is 4.90 Å². The predicted molar refractivity (Wildman–Crippen MR) is 73.7 cm³/mol. The number of benzene rings is 2. The molecule has 1 aliphatic rings. The van der Waals surface area contributed by atoms with Crippen molar-refractivity contribution in [2.24, 2.45) is 0 Å². The van der Waals surface area contributed by atoms with Gasteiger partial charge < -0.3 is 10.0 Å². The summed E-state index contributed by atoms with van der Waals surface area (Å²) >= 11 is 0. The molecule has 3 rings (SSSR count). The van der Waals surface area contributed by atoms with Crippen molar-refractivity contribution < 1.29 is 5.11 Å². The second-order valence-electron chi connectivity index (χ2n) is 5.09. The molecular weight excluding hydrogens is 222 g/mol. The van der Waals surface area contributed by atoms with Crippen LogP contribution in [0.5, 0.6) is 0 Å². The highest BCUT2D eigenvalue weighted by Crippen LogP contribution is 2.35. The maximum atomic E-state index is 10.5. The Labute approximate surface area is 107 Å². The third-order valence-corrected chi connectivity index (χ3v) is 3.62. The lowest BCUT2D eigenvalue weighted by molar-refractivity contribution is 0.00755.